The normalized spacial score (nSPS) is 11.3. The molecule has 8 N–H and O–H groups in total. The van der Waals surface area contributed by atoms with Crippen LogP contribution >= 0.6 is 0 Å². The molecular formula is C18H19N7O. The van der Waals surface area contributed by atoms with Crippen molar-refractivity contribution in [1.29, 1.82) is 5.41 Å². The lowest BCUT2D eigenvalue weighted by molar-refractivity contribution is 0.102. The Morgan fingerprint density at radius 3 is 2.58 bits per heavy atom. The second-order valence-electron chi connectivity index (χ2n) is 5.78. The van der Waals surface area contributed by atoms with Crippen molar-refractivity contribution >= 4 is 39.9 Å². The first-order chi connectivity index (χ1) is 12.4. The predicted octanol–water partition coefficient (Wildman–Crippen LogP) is 2.21. The van der Waals surface area contributed by atoms with Crippen LogP contribution in [0.5, 0.6) is 0 Å². The van der Waals surface area contributed by atoms with Crippen molar-refractivity contribution in [2.45, 2.75) is 6.92 Å². The lowest BCUT2D eigenvalue weighted by atomic mass is 10.1. The molecule has 0 aliphatic heterocycles. The van der Waals surface area contributed by atoms with Crippen molar-refractivity contribution in [3.63, 3.8) is 0 Å². The van der Waals surface area contributed by atoms with Crippen molar-refractivity contribution in [3.05, 3.63) is 59.8 Å². The number of aromatic amines is 1. The third kappa shape index (κ3) is 3.81. The minimum atomic E-state index is -0.240. The predicted molar refractivity (Wildman–Crippen MR) is 104 cm³/mol. The first-order valence-corrected chi connectivity index (χ1v) is 7.87. The van der Waals surface area contributed by atoms with Crippen molar-refractivity contribution in [2.75, 3.05) is 11.1 Å². The molecule has 3 rings (SSSR count). The Morgan fingerprint density at radius 1 is 1.15 bits per heavy atom. The van der Waals surface area contributed by atoms with Gasteiger partial charge in [0.1, 0.15) is 5.69 Å². The number of hydrogen-bond acceptors (Lipinski definition) is 4. The van der Waals surface area contributed by atoms with Gasteiger partial charge in [-0.2, -0.15) is 5.10 Å². The molecule has 2 aromatic carbocycles. The fourth-order valence-electron chi connectivity index (χ4n) is 2.45. The minimum absolute atomic E-state index is 0.228. The van der Waals surface area contributed by atoms with Gasteiger partial charge < -0.3 is 21.8 Å². The average Bonchev–Trinajstić information content (AvgIpc) is 3.05. The number of hydrogen-bond donors (Lipinski definition) is 6. The summed E-state index contributed by atoms with van der Waals surface area (Å²) in [5.41, 5.74) is 17.4. The molecule has 0 fully saturated rings. The molecule has 8 heteroatoms. The van der Waals surface area contributed by atoms with Gasteiger partial charge in [0.25, 0.3) is 5.91 Å². The van der Waals surface area contributed by atoms with Crippen LogP contribution in [0, 0.1) is 5.41 Å². The Morgan fingerprint density at radius 2 is 1.88 bits per heavy atom. The van der Waals surface area contributed by atoms with Gasteiger partial charge in [0, 0.05) is 22.3 Å². The van der Waals surface area contributed by atoms with E-state index in [9.17, 15) is 4.79 Å². The summed E-state index contributed by atoms with van der Waals surface area (Å²) in [5, 5.41) is 14.9. The van der Waals surface area contributed by atoms with Gasteiger partial charge in [-0.3, -0.25) is 10.2 Å². The van der Waals surface area contributed by atoms with E-state index in [2.05, 4.69) is 20.8 Å². The lowest BCUT2D eigenvalue weighted by Gasteiger charge is -2.03. The minimum Gasteiger partial charge on any atom is -0.399 e. The van der Waals surface area contributed by atoms with Crippen LogP contribution in [0.4, 0.5) is 11.4 Å². The monoisotopic (exact) mass is 349 g/mol. The molecule has 8 nitrogen and oxygen atoms in total. The molecule has 1 aromatic heterocycles. The highest BCUT2D eigenvalue weighted by molar-refractivity contribution is 6.07. The maximum absolute atomic E-state index is 12.4. The molecule has 0 unspecified atom stereocenters. The van der Waals surface area contributed by atoms with Gasteiger partial charge in [-0.05, 0) is 55.0 Å². The number of benzene rings is 2. The zero-order valence-corrected chi connectivity index (χ0v) is 14.1. The van der Waals surface area contributed by atoms with Crippen LogP contribution in [-0.4, -0.2) is 22.6 Å². The topological polar surface area (TPSA) is 145 Å². The smallest absolute Gasteiger partial charge is 0.272 e. The van der Waals surface area contributed by atoms with Gasteiger partial charge in [-0.25, -0.2) is 5.43 Å². The summed E-state index contributed by atoms with van der Waals surface area (Å²) in [6.07, 6.45) is 0. The van der Waals surface area contributed by atoms with Crippen LogP contribution in [0.15, 0.2) is 53.6 Å². The molecule has 1 heterocycles. The fraction of sp³-hybridized carbons (Fsp3) is 0.0556. The third-order valence-electron chi connectivity index (χ3n) is 3.80. The van der Waals surface area contributed by atoms with Crippen molar-refractivity contribution in [2.24, 2.45) is 10.8 Å². The number of nitrogens with two attached hydrogens (primary N) is 2. The van der Waals surface area contributed by atoms with E-state index in [4.69, 9.17) is 16.9 Å². The van der Waals surface area contributed by atoms with Crippen molar-refractivity contribution < 1.29 is 4.79 Å². The van der Waals surface area contributed by atoms with E-state index in [-0.39, 0.29) is 11.9 Å². The number of nitrogens with zero attached hydrogens (tertiary/aromatic N) is 1. The first-order valence-electron chi connectivity index (χ1n) is 7.87. The number of hydrazone groups is 1. The van der Waals surface area contributed by atoms with E-state index in [0.717, 1.165) is 16.5 Å². The van der Waals surface area contributed by atoms with Crippen molar-refractivity contribution in [1.82, 2.24) is 10.4 Å². The molecular weight excluding hydrogens is 330 g/mol. The van der Waals surface area contributed by atoms with Gasteiger partial charge in [-0.15, -0.1) is 0 Å². The molecule has 0 aliphatic rings. The van der Waals surface area contributed by atoms with E-state index in [1.807, 2.05) is 18.2 Å². The van der Waals surface area contributed by atoms with E-state index in [0.29, 0.717) is 22.8 Å². The fourth-order valence-corrected chi connectivity index (χ4v) is 2.45. The van der Waals surface area contributed by atoms with Gasteiger partial charge in [-0.1, -0.05) is 6.07 Å². The Balaban J connectivity index is 1.82. The van der Waals surface area contributed by atoms with Gasteiger partial charge in [0.15, 0.2) is 0 Å². The second kappa shape index (κ2) is 6.98. The summed E-state index contributed by atoms with van der Waals surface area (Å²) >= 11 is 0. The number of carbonyl (C=O) groups excluding carboxylic acids is 1. The number of fused-ring (bicyclic) bond motifs is 1. The summed E-state index contributed by atoms with van der Waals surface area (Å²) in [5.74, 6) is -0.468. The first kappa shape index (κ1) is 17.0. The maximum atomic E-state index is 12.4. The van der Waals surface area contributed by atoms with Crippen LogP contribution in [-0.2, 0) is 0 Å². The molecule has 0 radical (unpaired) electrons. The van der Waals surface area contributed by atoms with E-state index >= 15 is 0 Å². The van der Waals surface area contributed by atoms with E-state index in [1.54, 1.807) is 37.3 Å². The number of guanidine groups is 1. The zero-order chi connectivity index (χ0) is 18.7. The highest BCUT2D eigenvalue weighted by Gasteiger charge is 2.11. The molecule has 0 atom stereocenters. The standard InChI is InChI=1S/C18H19N7O/c1-10(24-25-18(20)21)11-2-7-15-12(8-11)9-16(23-15)17(26)22-14-5-3-13(19)4-6-14/h2-9,23H,19H2,1H3,(H,22,26)(H4,20,21,25)/b24-10+. The largest absolute Gasteiger partial charge is 0.399 e. The molecule has 0 saturated carbocycles. The Labute approximate surface area is 149 Å². The molecule has 0 spiro atoms. The van der Waals surface area contributed by atoms with Crippen LogP contribution < -0.4 is 22.2 Å². The molecule has 132 valence electrons. The summed E-state index contributed by atoms with van der Waals surface area (Å²) in [6.45, 7) is 1.80. The molecule has 1 amide bonds. The van der Waals surface area contributed by atoms with Crippen LogP contribution in [0.3, 0.4) is 0 Å². The number of H-pyrrole nitrogens is 1. The van der Waals surface area contributed by atoms with Gasteiger partial charge in [0.05, 0.1) is 5.71 Å². The molecule has 26 heavy (non-hydrogen) atoms. The SMILES string of the molecule is C/C(=N\NC(=N)N)c1ccc2[nH]c(C(=O)Nc3ccc(N)cc3)cc2c1. The molecule has 0 aliphatic carbocycles. The summed E-state index contributed by atoms with van der Waals surface area (Å²) < 4.78 is 0. The number of carbonyl (C=O) groups is 1. The van der Waals surface area contributed by atoms with Crippen LogP contribution in [0.25, 0.3) is 10.9 Å². The Kier molecular flexibility index (Phi) is 4.57. The maximum Gasteiger partial charge on any atom is 0.272 e. The second-order valence-corrected chi connectivity index (χ2v) is 5.78. The van der Waals surface area contributed by atoms with Gasteiger partial charge >= 0.3 is 0 Å². The number of anilines is 2. The third-order valence-corrected chi connectivity index (χ3v) is 3.80. The Hall–Kier alpha value is -3.81. The number of nitrogen functional groups attached to an aromatic ring is 1. The van der Waals surface area contributed by atoms with E-state index < -0.39 is 0 Å². The number of nitrogens with one attached hydrogen (secondary N) is 4. The van der Waals surface area contributed by atoms with Crippen LogP contribution in [0.2, 0.25) is 0 Å². The summed E-state index contributed by atoms with van der Waals surface area (Å²) in [7, 11) is 0. The Bertz CT molecular complexity index is 1000. The molecule has 0 saturated heterocycles. The number of rotatable bonds is 4. The van der Waals surface area contributed by atoms with E-state index in [1.165, 1.54) is 0 Å². The lowest BCUT2D eigenvalue weighted by Crippen LogP contribution is -2.26. The quantitative estimate of drug-likeness (QED) is 0.185. The zero-order valence-electron chi connectivity index (χ0n) is 14.1. The highest BCUT2D eigenvalue weighted by Crippen LogP contribution is 2.19. The van der Waals surface area contributed by atoms with Crippen LogP contribution in [0.1, 0.15) is 23.0 Å². The molecule has 3 aromatic rings. The van der Waals surface area contributed by atoms with Crippen molar-refractivity contribution in [3.8, 4) is 0 Å². The summed E-state index contributed by atoms with van der Waals surface area (Å²) in [6, 6.07) is 14.4. The number of amides is 1. The number of aromatic nitrogens is 1. The average molecular weight is 349 g/mol. The summed E-state index contributed by atoms with van der Waals surface area (Å²) in [4.78, 5) is 15.5. The molecule has 0 bridgehead atoms. The van der Waals surface area contributed by atoms with Gasteiger partial charge in [0.2, 0.25) is 5.96 Å². The highest BCUT2D eigenvalue weighted by atomic mass is 16.1.